The number of hydrogen-bond donors (Lipinski definition) is 0. The molecule has 0 bridgehead atoms. The number of aryl methyl sites for hydroxylation is 1. The molecule has 2 heterocycles. The van der Waals surface area contributed by atoms with Crippen molar-refractivity contribution in [1.82, 2.24) is 15.0 Å². The quantitative estimate of drug-likeness (QED) is 0.753. The van der Waals surface area contributed by atoms with Gasteiger partial charge >= 0.3 is 5.97 Å². The molecule has 1 aliphatic heterocycles. The van der Waals surface area contributed by atoms with Crippen LogP contribution in [0.25, 0.3) is 0 Å². The molecule has 1 aromatic rings. The number of carbonyl (C=O) groups is 1. The lowest BCUT2D eigenvalue weighted by atomic mass is 9.99. The molecule has 1 saturated heterocycles. The highest BCUT2D eigenvalue weighted by molar-refractivity contribution is 5.69. The Morgan fingerprint density at radius 3 is 3.06 bits per heavy atom. The molecule has 0 aromatic carbocycles. The first-order valence-corrected chi connectivity index (χ1v) is 6.29. The minimum atomic E-state index is -0.156. The Bertz CT molecular complexity index is 405. The van der Waals surface area contributed by atoms with E-state index in [9.17, 15) is 4.79 Å². The summed E-state index contributed by atoms with van der Waals surface area (Å²) in [7, 11) is 1.43. The Morgan fingerprint density at radius 2 is 2.39 bits per heavy atom. The van der Waals surface area contributed by atoms with Crippen molar-refractivity contribution >= 4 is 5.97 Å². The lowest BCUT2D eigenvalue weighted by Crippen LogP contribution is -2.40. The van der Waals surface area contributed by atoms with Crippen LogP contribution in [0.4, 0.5) is 0 Å². The molecule has 2 rings (SSSR count). The summed E-state index contributed by atoms with van der Waals surface area (Å²) in [5, 5.41) is 3.90. The van der Waals surface area contributed by atoms with Crippen LogP contribution >= 0.6 is 0 Å². The van der Waals surface area contributed by atoms with Gasteiger partial charge in [0.1, 0.15) is 0 Å². The smallest absolute Gasteiger partial charge is 0.307 e. The maximum absolute atomic E-state index is 11.4. The number of rotatable bonds is 4. The van der Waals surface area contributed by atoms with Crippen molar-refractivity contribution < 1.29 is 14.1 Å². The van der Waals surface area contributed by atoms with Crippen LogP contribution < -0.4 is 0 Å². The fourth-order valence-corrected chi connectivity index (χ4v) is 2.36. The van der Waals surface area contributed by atoms with Gasteiger partial charge in [-0.2, -0.15) is 4.98 Å². The van der Waals surface area contributed by atoms with Gasteiger partial charge in [-0.15, -0.1) is 0 Å². The van der Waals surface area contributed by atoms with Gasteiger partial charge in [0.15, 0.2) is 5.82 Å². The van der Waals surface area contributed by atoms with Crippen molar-refractivity contribution in [3.8, 4) is 0 Å². The van der Waals surface area contributed by atoms with Gasteiger partial charge in [0.05, 0.1) is 20.1 Å². The highest BCUT2D eigenvalue weighted by atomic mass is 16.5. The Labute approximate surface area is 106 Å². The van der Waals surface area contributed by atoms with E-state index in [4.69, 9.17) is 9.26 Å². The molecular weight excluding hydrogens is 234 g/mol. The number of aromatic nitrogens is 2. The minimum Gasteiger partial charge on any atom is -0.469 e. The van der Waals surface area contributed by atoms with Gasteiger partial charge in [0, 0.05) is 13.0 Å². The summed E-state index contributed by atoms with van der Waals surface area (Å²) in [5.74, 6) is 1.10. The zero-order valence-electron chi connectivity index (χ0n) is 10.9. The second-order valence-electron chi connectivity index (χ2n) is 4.63. The second kappa shape index (κ2) is 5.95. The van der Waals surface area contributed by atoms with Crippen molar-refractivity contribution in [2.24, 2.45) is 0 Å². The van der Waals surface area contributed by atoms with E-state index in [1.54, 1.807) is 6.92 Å². The number of hydrogen-bond acceptors (Lipinski definition) is 6. The average Bonchev–Trinajstić information content (AvgIpc) is 2.77. The number of piperidine rings is 1. The van der Waals surface area contributed by atoms with Crippen molar-refractivity contribution in [2.45, 2.75) is 45.2 Å². The van der Waals surface area contributed by atoms with Crippen molar-refractivity contribution in [1.29, 1.82) is 0 Å². The topological polar surface area (TPSA) is 68.5 Å². The molecule has 0 radical (unpaired) electrons. The normalized spacial score (nSPS) is 20.9. The molecule has 1 unspecified atom stereocenters. The Hall–Kier alpha value is -1.43. The van der Waals surface area contributed by atoms with Crippen LogP contribution in [0.2, 0.25) is 0 Å². The summed E-state index contributed by atoms with van der Waals surface area (Å²) >= 11 is 0. The number of carbonyl (C=O) groups excluding carboxylic acids is 1. The van der Waals surface area contributed by atoms with E-state index < -0.39 is 0 Å². The molecule has 18 heavy (non-hydrogen) atoms. The standard InChI is InChI=1S/C12H19N3O3/c1-9-13-11(14-18-9)8-15-6-4-3-5-10(15)7-12(16)17-2/h10H,3-8H2,1-2H3. The van der Waals surface area contributed by atoms with E-state index >= 15 is 0 Å². The van der Waals surface area contributed by atoms with Gasteiger partial charge in [0.25, 0.3) is 0 Å². The molecule has 0 amide bonds. The fourth-order valence-electron chi connectivity index (χ4n) is 2.36. The lowest BCUT2D eigenvalue weighted by molar-refractivity contribution is -0.142. The number of nitrogens with zero attached hydrogens (tertiary/aromatic N) is 3. The lowest BCUT2D eigenvalue weighted by Gasteiger charge is -2.34. The maximum atomic E-state index is 11.4. The third-order valence-electron chi connectivity index (χ3n) is 3.29. The van der Waals surface area contributed by atoms with E-state index in [1.165, 1.54) is 7.11 Å². The monoisotopic (exact) mass is 253 g/mol. The largest absolute Gasteiger partial charge is 0.469 e. The molecule has 0 N–H and O–H groups in total. The molecule has 1 atom stereocenters. The Morgan fingerprint density at radius 1 is 1.56 bits per heavy atom. The van der Waals surface area contributed by atoms with E-state index in [2.05, 4.69) is 15.0 Å². The molecule has 100 valence electrons. The van der Waals surface area contributed by atoms with Gasteiger partial charge in [-0.25, -0.2) is 0 Å². The zero-order valence-corrected chi connectivity index (χ0v) is 10.9. The number of methoxy groups -OCH3 is 1. The molecule has 0 spiro atoms. The van der Waals surface area contributed by atoms with Gasteiger partial charge in [-0.1, -0.05) is 11.6 Å². The Balaban J connectivity index is 1.96. The molecule has 0 aliphatic carbocycles. The van der Waals surface area contributed by atoms with Gasteiger partial charge < -0.3 is 9.26 Å². The van der Waals surface area contributed by atoms with Gasteiger partial charge in [0.2, 0.25) is 5.89 Å². The molecule has 0 saturated carbocycles. The average molecular weight is 253 g/mol. The van der Waals surface area contributed by atoms with Crippen molar-refractivity contribution in [3.05, 3.63) is 11.7 Å². The van der Waals surface area contributed by atoms with Crippen molar-refractivity contribution in [2.75, 3.05) is 13.7 Å². The van der Waals surface area contributed by atoms with Crippen LogP contribution in [0, 0.1) is 6.92 Å². The highest BCUT2D eigenvalue weighted by Gasteiger charge is 2.26. The van der Waals surface area contributed by atoms with Crippen LogP contribution in [0.5, 0.6) is 0 Å². The summed E-state index contributed by atoms with van der Waals surface area (Å²) in [4.78, 5) is 17.8. The molecule has 6 nitrogen and oxygen atoms in total. The summed E-state index contributed by atoms with van der Waals surface area (Å²) in [6.07, 6.45) is 3.76. The van der Waals surface area contributed by atoms with Crippen LogP contribution in [0.1, 0.15) is 37.4 Å². The minimum absolute atomic E-state index is 0.156. The van der Waals surface area contributed by atoms with E-state index in [1.807, 2.05) is 0 Å². The van der Waals surface area contributed by atoms with Crippen molar-refractivity contribution in [3.63, 3.8) is 0 Å². The van der Waals surface area contributed by atoms with Crippen LogP contribution in [-0.2, 0) is 16.1 Å². The number of ether oxygens (including phenoxy) is 1. The first-order valence-electron chi connectivity index (χ1n) is 6.29. The summed E-state index contributed by atoms with van der Waals surface area (Å²) < 4.78 is 9.70. The van der Waals surface area contributed by atoms with Crippen LogP contribution in [-0.4, -0.2) is 40.7 Å². The van der Waals surface area contributed by atoms with E-state index in [0.717, 1.165) is 25.8 Å². The maximum Gasteiger partial charge on any atom is 0.307 e. The Kier molecular flexibility index (Phi) is 4.30. The first-order chi connectivity index (χ1) is 8.69. The predicted octanol–water partition coefficient (Wildman–Crippen LogP) is 1.30. The number of esters is 1. The second-order valence-corrected chi connectivity index (χ2v) is 4.63. The summed E-state index contributed by atoms with van der Waals surface area (Å²) in [5.41, 5.74) is 0. The van der Waals surface area contributed by atoms with Crippen LogP contribution in [0.3, 0.4) is 0 Å². The van der Waals surface area contributed by atoms with E-state index in [0.29, 0.717) is 24.7 Å². The fraction of sp³-hybridized carbons (Fsp3) is 0.750. The molecular formula is C12H19N3O3. The highest BCUT2D eigenvalue weighted by Crippen LogP contribution is 2.21. The molecule has 6 heteroatoms. The zero-order chi connectivity index (χ0) is 13.0. The summed E-state index contributed by atoms with van der Waals surface area (Å²) in [6, 6.07) is 0.227. The third-order valence-corrected chi connectivity index (χ3v) is 3.29. The van der Waals surface area contributed by atoms with E-state index in [-0.39, 0.29) is 12.0 Å². The molecule has 1 fully saturated rings. The molecule has 1 aliphatic rings. The van der Waals surface area contributed by atoms with Gasteiger partial charge in [-0.3, -0.25) is 9.69 Å². The van der Waals surface area contributed by atoms with Crippen LogP contribution in [0.15, 0.2) is 4.52 Å². The molecule has 1 aromatic heterocycles. The SMILES string of the molecule is COC(=O)CC1CCCCN1Cc1noc(C)n1. The van der Waals surface area contributed by atoms with Gasteiger partial charge in [-0.05, 0) is 19.4 Å². The summed E-state index contributed by atoms with van der Waals surface area (Å²) in [6.45, 7) is 3.38. The number of likely N-dealkylation sites (tertiary alicyclic amines) is 1. The third kappa shape index (κ3) is 3.29. The first kappa shape index (κ1) is 13.0. The predicted molar refractivity (Wildman–Crippen MR) is 63.7 cm³/mol.